The molecule has 45 heavy (non-hydrogen) atoms. The number of alkyl halides is 6. The van der Waals surface area contributed by atoms with Crippen molar-refractivity contribution in [1.29, 1.82) is 0 Å². The molecular weight excluding hydrogens is 695 g/mol. The second-order valence-electron chi connectivity index (χ2n) is 8.70. The Bertz CT molecular complexity index is 1590. The van der Waals surface area contributed by atoms with Crippen LogP contribution in [-0.4, -0.2) is 66.3 Å². The number of rotatable bonds is 10. The van der Waals surface area contributed by atoms with Crippen molar-refractivity contribution in [2.45, 2.75) is 26.4 Å². The van der Waals surface area contributed by atoms with Crippen LogP contribution in [0.25, 0.3) is 0 Å². The molecule has 0 bridgehead atoms. The summed E-state index contributed by atoms with van der Waals surface area (Å²) in [6.07, 6.45) is -12.1. The highest BCUT2D eigenvalue weighted by Crippen LogP contribution is 2.57. The van der Waals surface area contributed by atoms with E-state index in [-0.39, 0.29) is 33.9 Å². The lowest BCUT2D eigenvalue weighted by atomic mass is 9.72. The normalized spacial score (nSPS) is 12.2. The number of nitrogen functional groups attached to an aromatic ring is 2. The lowest BCUT2D eigenvalue weighted by Crippen LogP contribution is -2.54. The topological polar surface area (TPSA) is 202 Å². The first-order valence-electron chi connectivity index (χ1n) is 11.8. The Morgan fingerprint density at radius 2 is 1.09 bits per heavy atom. The van der Waals surface area contributed by atoms with Crippen molar-refractivity contribution < 1.29 is 46.1 Å². The zero-order chi connectivity index (χ0) is 33.2. The summed E-state index contributed by atoms with van der Waals surface area (Å²) in [6.45, 7) is 0. The number of carbonyl (C=O) groups is 2. The summed E-state index contributed by atoms with van der Waals surface area (Å²) in [5.41, 5.74) is 2.30. The van der Waals surface area contributed by atoms with Crippen LogP contribution in [0.15, 0.2) is 45.1 Å². The van der Waals surface area contributed by atoms with E-state index in [4.69, 9.17) is 11.5 Å². The van der Waals surface area contributed by atoms with Crippen LogP contribution in [0, 0.1) is 0 Å². The lowest BCUT2D eigenvalue weighted by Gasteiger charge is -2.38. The Balaban J connectivity index is 1.61. The van der Waals surface area contributed by atoms with E-state index in [2.05, 4.69) is 31.0 Å². The largest absolute Gasteiger partial charge is 0.506 e. The number of hydrogen-bond acceptors (Lipinski definition) is 14. The van der Waals surface area contributed by atoms with E-state index < -0.39 is 63.6 Å². The minimum atomic E-state index is -6.06. The third-order valence-electron chi connectivity index (χ3n) is 5.76. The molecule has 0 aliphatic rings. The second-order valence-corrected chi connectivity index (χ2v) is 13.2. The number of aromatic hydroxyl groups is 2. The van der Waals surface area contributed by atoms with Crippen molar-refractivity contribution in [3.63, 3.8) is 0 Å². The minimum Gasteiger partial charge on any atom is -0.506 e. The van der Waals surface area contributed by atoms with Gasteiger partial charge in [-0.1, -0.05) is 58.3 Å². The van der Waals surface area contributed by atoms with E-state index in [9.17, 15) is 46.1 Å². The SMILES string of the molecule is Nc1nnc(SCC(=O)Nc2ccc(C(c3ccc(NC(=O)CSc4nnc(N)s4)c(O)c3)(C(F)(F)F)C(F)(F)F)cc2O)s1. The van der Waals surface area contributed by atoms with Crippen LogP contribution in [-0.2, 0) is 15.0 Å². The molecule has 0 atom stereocenters. The van der Waals surface area contributed by atoms with Crippen molar-refractivity contribution in [3.05, 3.63) is 47.5 Å². The summed E-state index contributed by atoms with van der Waals surface area (Å²) in [6, 6.07) is 2.69. The number of nitrogens with one attached hydrogen (secondary N) is 2. The highest BCUT2D eigenvalue weighted by atomic mass is 32.2. The van der Waals surface area contributed by atoms with Crippen molar-refractivity contribution in [1.82, 2.24) is 20.4 Å². The number of nitrogens with two attached hydrogens (primary N) is 2. The fourth-order valence-corrected chi connectivity index (χ4v) is 6.78. The van der Waals surface area contributed by atoms with E-state index in [1.807, 2.05) is 0 Å². The Morgan fingerprint density at radius 1 is 0.711 bits per heavy atom. The summed E-state index contributed by atoms with van der Waals surface area (Å²) < 4.78 is 88.2. The second kappa shape index (κ2) is 13.1. The van der Waals surface area contributed by atoms with Crippen LogP contribution in [0.3, 0.4) is 0 Å². The first kappa shape index (κ1) is 33.9. The molecule has 12 nitrogen and oxygen atoms in total. The summed E-state index contributed by atoms with van der Waals surface area (Å²) in [5, 5.41) is 40.0. The minimum absolute atomic E-state index is 0.141. The number of benzene rings is 2. The molecule has 2 aromatic carbocycles. The number of phenolic OH excluding ortho intramolecular Hbond substituents is 2. The van der Waals surface area contributed by atoms with Crippen LogP contribution < -0.4 is 22.1 Å². The van der Waals surface area contributed by atoms with E-state index >= 15 is 0 Å². The lowest BCUT2D eigenvalue weighted by molar-refractivity contribution is -0.288. The maximum atomic E-state index is 14.6. The van der Waals surface area contributed by atoms with E-state index in [0.29, 0.717) is 32.9 Å². The monoisotopic (exact) mass is 712 g/mol. The number of hydrogen-bond donors (Lipinski definition) is 6. The number of nitrogens with zero attached hydrogens (tertiary/aromatic N) is 4. The van der Waals surface area contributed by atoms with Crippen LogP contribution in [0.2, 0.25) is 0 Å². The number of thioether (sulfide) groups is 2. The molecule has 0 saturated carbocycles. The average Bonchev–Trinajstić information content (AvgIpc) is 3.55. The number of aromatic nitrogens is 4. The molecule has 22 heteroatoms. The molecule has 2 aromatic heterocycles. The maximum Gasteiger partial charge on any atom is 0.411 e. The molecule has 240 valence electrons. The quantitative estimate of drug-likeness (QED) is 0.0744. The predicted octanol–water partition coefficient (Wildman–Crippen LogP) is 4.84. The molecule has 0 unspecified atom stereocenters. The number of carbonyl (C=O) groups excluding carboxylic acids is 2. The van der Waals surface area contributed by atoms with Gasteiger partial charge in [-0.3, -0.25) is 9.59 Å². The summed E-state index contributed by atoms with van der Waals surface area (Å²) in [4.78, 5) is 24.6. The zero-order valence-electron chi connectivity index (χ0n) is 21.9. The molecule has 4 rings (SSSR count). The zero-order valence-corrected chi connectivity index (χ0v) is 25.2. The van der Waals surface area contributed by atoms with Crippen LogP contribution >= 0.6 is 46.2 Å². The summed E-state index contributed by atoms with van der Waals surface area (Å²) in [7, 11) is 0. The predicted molar refractivity (Wildman–Crippen MR) is 156 cm³/mol. The third-order valence-corrected chi connectivity index (χ3v) is 9.53. The maximum absolute atomic E-state index is 14.6. The van der Waals surface area contributed by atoms with Gasteiger partial charge < -0.3 is 32.3 Å². The van der Waals surface area contributed by atoms with Gasteiger partial charge in [0.2, 0.25) is 27.5 Å². The molecule has 0 saturated heterocycles. The molecule has 0 aliphatic heterocycles. The molecule has 2 heterocycles. The summed E-state index contributed by atoms with van der Waals surface area (Å²) in [5.74, 6) is -4.28. The average molecular weight is 713 g/mol. The van der Waals surface area contributed by atoms with E-state index in [1.165, 1.54) is 0 Å². The van der Waals surface area contributed by atoms with Gasteiger partial charge in [0, 0.05) is 0 Å². The Hall–Kier alpha value is -4.02. The molecule has 0 spiro atoms. The Kier molecular flexibility index (Phi) is 9.89. The molecule has 4 aromatic rings. The molecule has 0 aliphatic carbocycles. The molecule has 8 N–H and O–H groups in total. The highest BCUT2D eigenvalue weighted by molar-refractivity contribution is 8.02. The third kappa shape index (κ3) is 7.45. The summed E-state index contributed by atoms with van der Waals surface area (Å²) >= 11 is 3.78. The van der Waals surface area contributed by atoms with Gasteiger partial charge in [-0.15, -0.1) is 20.4 Å². The van der Waals surface area contributed by atoms with Gasteiger partial charge in [0.1, 0.15) is 11.5 Å². The first-order chi connectivity index (χ1) is 21.0. The van der Waals surface area contributed by atoms with Crippen LogP contribution in [0.1, 0.15) is 11.1 Å². The van der Waals surface area contributed by atoms with Crippen molar-refractivity contribution in [2.75, 3.05) is 33.6 Å². The number of amides is 2. The Morgan fingerprint density at radius 3 is 1.38 bits per heavy atom. The van der Waals surface area contributed by atoms with Gasteiger partial charge in [-0.25, -0.2) is 0 Å². The molecule has 0 fully saturated rings. The fraction of sp³-hybridized carbons (Fsp3) is 0.217. The van der Waals surface area contributed by atoms with Gasteiger partial charge in [0.05, 0.1) is 22.9 Å². The van der Waals surface area contributed by atoms with Crippen LogP contribution in [0.4, 0.5) is 48.0 Å². The Labute approximate surface area is 264 Å². The molecule has 2 amide bonds. The molecular formula is C23H18F6N8O4S4. The van der Waals surface area contributed by atoms with Gasteiger partial charge in [-0.2, -0.15) is 26.3 Å². The number of halogens is 6. The highest BCUT2D eigenvalue weighted by Gasteiger charge is 2.72. The van der Waals surface area contributed by atoms with Gasteiger partial charge in [0.25, 0.3) is 0 Å². The smallest absolute Gasteiger partial charge is 0.411 e. The van der Waals surface area contributed by atoms with E-state index in [0.717, 1.165) is 46.2 Å². The van der Waals surface area contributed by atoms with Crippen molar-refractivity contribution in [3.8, 4) is 11.5 Å². The van der Waals surface area contributed by atoms with Gasteiger partial charge in [-0.05, 0) is 35.4 Å². The van der Waals surface area contributed by atoms with Crippen molar-refractivity contribution >= 4 is 79.6 Å². The van der Waals surface area contributed by atoms with Crippen molar-refractivity contribution in [2.24, 2.45) is 0 Å². The number of anilines is 4. The van der Waals surface area contributed by atoms with E-state index in [1.54, 1.807) is 0 Å². The molecule has 0 radical (unpaired) electrons. The van der Waals surface area contributed by atoms with Gasteiger partial charge >= 0.3 is 12.4 Å². The fourth-order valence-electron chi connectivity index (χ4n) is 3.91. The number of phenols is 2. The first-order valence-corrected chi connectivity index (χ1v) is 15.5. The van der Waals surface area contributed by atoms with Gasteiger partial charge in [0.15, 0.2) is 8.68 Å². The van der Waals surface area contributed by atoms with Crippen LogP contribution in [0.5, 0.6) is 11.5 Å². The standard InChI is InChI=1S/C23H18F6N8O4S4/c24-22(25,26)21(23(27,28)29,9-1-3-11(13(38)5-9)32-15(40)7-42-19-36-34-17(30)44-19)10-2-4-12(14(39)6-10)33-16(41)8-43-20-37-35-18(31)45-20/h1-6,38-39H,7-8H2,(H2,30,34)(H2,31,35)(H,32,40)(H,33,41).